The Morgan fingerprint density at radius 1 is 1.19 bits per heavy atom. The zero-order valence-corrected chi connectivity index (χ0v) is 9.77. The van der Waals surface area contributed by atoms with Crippen molar-refractivity contribution in [2.75, 3.05) is 13.2 Å². The Morgan fingerprint density at radius 2 is 1.81 bits per heavy atom. The molecule has 2 unspecified atom stereocenters. The Kier molecular flexibility index (Phi) is 5.03. The summed E-state index contributed by atoms with van der Waals surface area (Å²) in [5.74, 6) is 1.42. The Labute approximate surface area is 97.4 Å². The van der Waals surface area contributed by atoms with E-state index in [0.717, 1.165) is 12.3 Å². The maximum Gasteiger partial charge on any atom is 0.0829 e. The molecule has 2 rings (SSSR count). The molecule has 2 atom stereocenters. The number of aliphatic hydroxyl groups excluding tert-OH is 2. The van der Waals surface area contributed by atoms with Gasteiger partial charge in [0.15, 0.2) is 0 Å². The lowest BCUT2D eigenvalue weighted by atomic mass is 9.74. The van der Waals surface area contributed by atoms with Gasteiger partial charge in [-0.3, -0.25) is 0 Å². The van der Waals surface area contributed by atoms with Crippen LogP contribution in [-0.2, 0) is 4.74 Å². The summed E-state index contributed by atoms with van der Waals surface area (Å²) in [6, 6.07) is 0. The summed E-state index contributed by atoms with van der Waals surface area (Å²) >= 11 is 0. The van der Waals surface area contributed by atoms with Crippen molar-refractivity contribution in [3.63, 3.8) is 0 Å². The quantitative estimate of drug-likeness (QED) is 0.721. The van der Waals surface area contributed by atoms with Gasteiger partial charge in [-0.25, -0.2) is 0 Å². The molecule has 92 valence electrons. The second kappa shape index (κ2) is 6.06. The molecular formula is C13H22O3. The molecule has 0 radical (unpaired) electrons. The highest BCUT2D eigenvalue weighted by Crippen LogP contribution is 2.55. The van der Waals surface area contributed by atoms with Crippen LogP contribution in [0.3, 0.4) is 0 Å². The highest BCUT2D eigenvalue weighted by Gasteiger charge is 2.50. The van der Waals surface area contributed by atoms with E-state index in [-0.39, 0.29) is 18.6 Å². The molecule has 16 heavy (non-hydrogen) atoms. The summed E-state index contributed by atoms with van der Waals surface area (Å²) in [6.07, 6.45) is 7.49. The summed E-state index contributed by atoms with van der Waals surface area (Å²) in [5, 5.41) is 18.4. The van der Waals surface area contributed by atoms with Crippen molar-refractivity contribution >= 4 is 0 Å². The normalized spacial score (nSPS) is 29.1. The van der Waals surface area contributed by atoms with Gasteiger partial charge in [0.05, 0.1) is 25.7 Å². The topological polar surface area (TPSA) is 49.7 Å². The van der Waals surface area contributed by atoms with Gasteiger partial charge in [-0.05, 0) is 31.1 Å². The first-order valence-corrected chi connectivity index (χ1v) is 5.81. The first-order chi connectivity index (χ1) is 7.72. The van der Waals surface area contributed by atoms with Crippen LogP contribution in [0.25, 0.3) is 0 Å². The van der Waals surface area contributed by atoms with Crippen molar-refractivity contribution in [3.05, 3.63) is 25.7 Å². The smallest absolute Gasteiger partial charge is 0.0829 e. The second-order valence-electron chi connectivity index (χ2n) is 4.73. The van der Waals surface area contributed by atoms with E-state index >= 15 is 0 Å². The fourth-order valence-electron chi connectivity index (χ4n) is 3.06. The van der Waals surface area contributed by atoms with Crippen molar-refractivity contribution in [1.29, 1.82) is 0 Å². The van der Waals surface area contributed by atoms with Crippen LogP contribution in [0.1, 0.15) is 25.7 Å². The summed E-state index contributed by atoms with van der Waals surface area (Å²) in [7, 11) is 0. The minimum atomic E-state index is -0.0943. The van der Waals surface area contributed by atoms with E-state index in [2.05, 4.69) is 17.9 Å². The summed E-state index contributed by atoms with van der Waals surface area (Å²) in [5.41, 5.74) is -0.0943. The van der Waals surface area contributed by atoms with Crippen LogP contribution < -0.4 is 0 Å². The van der Waals surface area contributed by atoms with E-state index in [4.69, 9.17) is 0 Å². The van der Waals surface area contributed by atoms with E-state index < -0.39 is 0 Å². The van der Waals surface area contributed by atoms with Crippen LogP contribution in [-0.4, -0.2) is 23.4 Å². The third-order valence-corrected chi connectivity index (χ3v) is 3.92. The van der Waals surface area contributed by atoms with Crippen LogP contribution >= 0.6 is 0 Å². The third kappa shape index (κ3) is 2.66. The molecule has 3 heteroatoms. The molecule has 2 saturated carbocycles. The van der Waals surface area contributed by atoms with Gasteiger partial charge in [0.25, 0.3) is 0 Å². The predicted molar refractivity (Wildman–Crippen MR) is 63.5 cm³/mol. The van der Waals surface area contributed by atoms with Gasteiger partial charge in [-0.2, -0.15) is 0 Å². The molecule has 2 fully saturated rings. The van der Waals surface area contributed by atoms with Crippen molar-refractivity contribution in [2.45, 2.75) is 25.7 Å². The van der Waals surface area contributed by atoms with Gasteiger partial charge in [-0.15, -0.1) is 0 Å². The SMILES string of the molecule is C=COC=C.OCC1(CO)CC2CCC1C2. The van der Waals surface area contributed by atoms with E-state index in [0.29, 0.717) is 5.92 Å². The molecule has 0 heterocycles. The van der Waals surface area contributed by atoms with Gasteiger partial charge in [0.2, 0.25) is 0 Å². The average Bonchev–Trinajstić information content (AvgIpc) is 2.91. The third-order valence-electron chi connectivity index (χ3n) is 3.92. The van der Waals surface area contributed by atoms with E-state index in [9.17, 15) is 10.2 Å². The van der Waals surface area contributed by atoms with Crippen molar-refractivity contribution < 1.29 is 14.9 Å². The molecule has 0 amide bonds. The van der Waals surface area contributed by atoms with Gasteiger partial charge >= 0.3 is 0 Å². The molecule has 0 aromatic rings. The lowest BCUT2D eigenvalue weighted by molar-refractivity contribution is 0.00864. The number of ether oxygens (including phenoxy) is 1. The number of fused-ring (bicyclic) bond motifs is 2. The van der Waals surface area contributed by atoms with Crippen LogP contribution in [0.2, 0.25) is 0 Å². The molecule has 2 bridgehead atoms. The second-order valence-corrected chi connectivity index (χ2v) is 4.73. The van der Waals surface area contributed by atoms with Gasteiger partial charge in [-0.1, -0.05) is 19.6 Å². The van der Waals surface area contributed by atoms with Crippen molar-refractivity contribution in [2.24, 2.45) is 17.3 Å². The molecule has 0 aromatic carbocycles. The summed E-state index contributed by atoms with van der Waals surface area (Å²) < 4.78 is 4.36. The maximum atomic E-state index is 9.18. The van der Waals surface area contributed by atoms with Gasteiger partial charge in [0.1, 0.15) is 0 Å². The van der Waals surface area contributed by atoms with Crippen molar-refractivity contribution in [1.82, 2.24) is 0 Å². The van der Waals surface area contributed by atoms with Crippen molar-refractivity contribution in [3.8, 4) is 0 Å². The molecule has 2 aliphatic carbocycles. The van der Waals surface area contributed by atoms with E-state index in [1.54, 1.807) is 0 Å². The lowest BCUT2D eigenvalue weighted by Gasteiger charge is -2.33. The lowest BCUT2D eigenvalue weighted by Crippen LogP contribution is -2.35. The Balaban J connectivity index is 0.000000221. The highest BCUT2D eigenvalue weighted by molar-refractivity contribution is 4.99. The molecule has 0 spiro atoms. The highest BCUT2D eigenvalue weighted by atomic mass is 16.5. The maximum absolute atomic E-state index is 9.18. The Bertz CT molecular complexity index is 227. The van der Waals surface area contributed by atoms with Crippen LogP contribution in [0.5, 0.6) is 0 Å². The Morgan fingerprint density at radius 3 is 2.00 bits per heavy atom. The van der Waals surface area contributed by atoms with Crippen LogP contribution in [0.4, 0.5) is 0 Å². The van der Waals surface area contributed by atoms with Crippen LogP contribution in [0.15, 0.2) is 25.7 Å². The van der Waals surface area contributed by atoms with E-state index in [1.807, 2.05) is 0 Å². The zero-order valence-electron chi connectivity index (χ0n) is 9.77. The van der Waals surface area contributed by atoms with Gasteiger partial charge < -0.3 is 14.9 Å². The standard InChI is InChI=1S/C9H16O2.C4H6O/c10-5-9(6-11)4-7-1-2-8(9)3-7;1-3-5-4-2/h7-8,10-11H,1-6H2;3-4H,1-2H2. The minimum absolute atomic E-state index is 0.0943. The summed E-state index contributed by atoms with van der Waals surface area (Å²) in [6.45, 7) is 6.88. The average molecular weight is 226 g/mol. The largest absolute Gasteiger partial charge is 0.474 e. The molecule has 2 aliphatic rings. The number of hydrogen-bond donors (Lipinski definition) is 2. The Hall–Kier alpha value is -0.800. The fraction of sp³-hybridized carbons (Fsp3) is 0.692. The first-order valence-electron chi connectivity index (χ1n) is 5.81. The predicted octanol–water partition coefficient (Wildman–Crippen LogP) is 2.07. The molecule has 0 aromatic heterocycles. The minimum Gasteiger partial charge on any atom is -0.474 e. The molecular weight excluding hydrogens is 204 g/mol. The number of rotatable bonds is 4. The summed E-state index contributed by atoms with van der Waals surface area (Å²) in [4.78, 5) is 0. The first kappa shape index (κ1) is 13.3. The monoisotopic (exact) mass is 226 g/mol. The van der Waals surface area contributed by atoms with Gasteiger partial charge in [0, 0.05) is 5.41 Å². The van der Waals surface area contributed by atoms with E-state index in [1.165, 1.54) is 31.8 Å². The number of aliphatic hydroxyl groups is 2. The molecule has 3 nitrogen and oxygen atoms in total. The molecule has 0 aliphatic heterocycles. The zero-order chi connectivity index (χ0) is 12.0. The number of hydrogen-bond acceptors (Lipinski definition) is 3. The van der Waals surface area contributed by atoms with Crippen LogP contribution in [0, 0.1) is 17.3 Å². The molecule has 0 saturated heterocycles. The fourth-order valence-corrected chi connectivity index (χ4v) is 3.06. The molecule has 2 N–H and O–H groups in total.